The van der Waals surface area contributed by atoms with Crippen molar-refractivity contribution in [2.24, 2.45) is 7.05 Å². The Labute approximate surface area is 74.6 Å². The van der Waals surface area contributed by atoms with Gasteiger partial charge in [-0.25, -0.2) is 4.98 Å². The van der Waals surface area contributed by atoms with E-state index in [9.17, 15) is 0 Å². The van der Waals surface area contributed by atoms with Crippen molar-refractivity contribution < 1.29 is 0 Å². The van der Waals surface area contributed by atoms with Crippen LogP contribution in [-0.4, -0.2) is 9.55 Å². The van der Waals surface area contributed by atoms with Crippen LogP contribution >= 0.6 is 0 Å². The van der Waals surface area contributed by atoms with Crippen molar-refractivity contribution in [3.8, 4) is 0 Å². The van der Waals surface area contributed by atoms with Gasteiger partial charge in [-0.3, -0.25) is 0 Å². The van der Waals surface area contributed by atoms with Crippen LogP contribution in [0.5, 0.6) is 0 Å². The van der Waals surface area contributed by atoms with Crippen molar-refractivity contribution in [3.05, 3.63) is 11.9 Å². The van der Waals surface area contributed by atoms with E-state index in [0.29, 0.717) is 11.9 Å². The minimum atomic E-state index is 0.495. The van der Waals surface area contributed by atoms with Gasteiger partial charge in [0.05, 0.1) is 6.20 Å². The molecule has 0 spiro atoms. The molecule has 0 bridgehead atoms. The molecule has 1 aromatic heterocycles. The zero-order chi connectivity index (χ0) is 9.72. The molecule has 2 N–H and O–H groups in total. The first-order chi connectivity index (χ1) is 5.63. The fraction of sp³-hybridized carbons (Fsp3) is 0.667. The van der Waals surface area contributed by atoms with E-state index in [1.807, 2.05) is 31.7 Å². The molecule has 0 aromatic carbocycles. The van der Waals surface area contributed by atoms with Crippen molar-refractivity contribution >= 4 is 5.95 Å². The zero-order valence-electron chi connectivity index (χ0n) is 8.63. The topological polar surface area (TPSA) is 43.8 Å². The van der Waals surface area contributed by atoms with Crippen molar-refractivity contribution in [1.29, 1.82) is 0 Å². The maximum Gasteiger partial charge on any atom is 0.200 e. The maximum absolute atomic E-state index is 5.53. The van der Waals surface area contributed by atoms with Gasteiger partial charge < -0.3 is 10.3 Å². The van der Waals surface area contributed by atoms with Gasteiger partial charge in [-0.2, -0.15) is 0 Å². The van der Waals surface area contributed by atoms with Crippen LogP contribution in [-0.2, 0) is 7.05 Å². The molecule has 1 heterocycles. The van der Waals surface area contributed by atoms with Crippen molar-refractivity contribution in [3.63, 3.8) is 0 Å². The molecule has 0 aliphatic carbocycles. The monoisotopic (exact) mass is 169 g/mol. The Morgan fingerprint density at radius 3 is 2.08 bits per heavy atom. The normalized spacial score (nSPS) is 9.50. The Balaban J connectivity index is 0.000000561. The molecule has 3 heteroatoms. The van der Waals surface area contributed by atoms with Crippen LogP contribution in [0.1, 0.15) is 39.3 Å². The number of nitrogens with two attached hydrogens (primary N) is 1. The number of hydrogen-bond donors (Lipinski definition) is 1. The fourth-order valence-corrected chi connectivity index (χ4v) is 0.974. The molecule has 0 fully saturated rings. The largest absolute Gasteiger partial charge is 0.369 e. The molecule has 0 saturated carbocycles. The summed E-state index contributed by atoms with van der Waals surface area (Å²) in [6.45, 7) is 8.24. The number of nitrogen functional groups attached to an aromatic ring is 1. The third kappa shape index (κ3) is 2.26. The summed E-state index contributed by atoms with van der Waals surface area (Å²) in [6, 6.07) is 0. The minimum Gasteiger partial charge on any atom is -0.369 e. The summed E-state index contributed by atoms with van der Waals surface area (Å²) < 4.78 is 1.91. The Hall–Kier alpha value is -0.990. The standard InChI is InChI=1S/C7H13N3.C2H6/c1-5(2)6-4-9-7(8)10(6)3;1-2/h4-5H,1-3H3,(H2,8,9);1-2H3. The van der Waals surface area contributed by atoms with Crippen LogP contribution < -0.4 is 5.73 Å². The number of nitrogens with zero attached hydrogens (tertiary/aromatic N) is 2. The highest BCUT2D eigenvalue weighted by Gasteiger charge is 2.05. The van der Waals surface area contributed by atoms with Gasteiger partial charge >= 0.3 is 0 Å². The van der Waals surface area contributed by atoms with Gasteiger partial charge in [0.1, 0.15) is 0 Å². The van der Waals surface area contributed by atoms with E-state index < -0.39 is 0 Å². The average Bonchev–Trinajstić information content (AvgIpc) is 2.37. The molecular weight excluding hydrogens is 150 g/mol. The summed E-state index contributed by atoms with van der Waals surface area (Å²) in [7, 11) is 1.93. The van der Waals surface area contributed by atoms with E-state index in [-0.39, 0.29) is 0 Å². The van der Waals surface area contributed by atoms with E-state index in [0.717, 1.165) is 0 Å². The van der Waals surface area contributed by atoms with E-state index in [1.54, 1.807) is 0 Å². The van der Waals surface area contributed by atoms with Gasteiger partial charge in [-0.1, -0.05) is 27.7 Å². The lowest BCUT2D eigenvalue weighted by Gasteiger charge is -2.04. The second-order valence-electron chi connectivity index (χ2n) is 2.75. The molecule has 3 nitrogen and oxygen atoms in total. The first kappa shape index (κ1) is 11.0. The van der Waals surface area contributed by atoms with Crippen molar-refractivity contribution in [1.82, 2.24) is 9.55 Å². The highest BCUT2D eigenvalue weighted by atomic mass is 15.1. The van der Waals surface area contributed by atoms with Gasteiger partial charge in [0.2, 0.25) is 0 Å². The number of aromatic nitrogens is 2. The van der Waals surface area contributed by atoms with Gasteiger partial charge in [0, 0.05) is 12.7 Å². The summed E-state index contributed by atoms with van der Waals surface area (Å²) in [5.41, 5.74) is 6.71. The summed E-state index contributed by atoms with van der Waals surface area (Å²) >= 11 is 0. The van der Waals surface area contributed by atoms with Crippen molar-refractivity contribution in [2.75, 3.05) is 5.73 Å². The fourth-order valence-electron chi connectivity index (χ4n) is 0.974. The minimum absolute atomic E-state index is 0.495. The van der Waals surface area contributed by atoms with Crippen LogP contribution in [0.2, 0.25) is 0 Å². The first-order valence-electron chi connectivity index (χ1n) is 4.40. The average molecular weight is 169 g/mol. The predicted molar refractivity (Wildman–Crippen MR) is 53.1 cm³/mol. The lowest BCUT2D eigenvalue weighted by Crippen LogP contribution is -2.02. The molecule has 1 aromatic rings. The molecule has 0 unspecified atom stereocenters. The van der Waals surface area contributed by atoms with E-state index >= 15 is 0 Å². The second-order valence-corrected chi connectivity index (χ2v) is 2.75. The summed E-state index contributed by atoms with van der Waals surface area (Å²) in [5, 5.41) is 0. The van der Waals surface area contributed by atoms with E-state index in [1.165, 1.54) is 5.69 Å². The number of anilines is 1. The molecule has 1 rings (SSSR count). The molecule has 0 amide bonds. The molecule has 70 valence electrons. The molecule has 12 heavy (non-hydrogen) atoms. The van der Waals surface area contributed by atoms with Gasteiger partial charge in [0.15, 0.2) is 5.95 Å². The van der Waals surface area contributed by atoms with Crippen LogP contribution in [0.3, 0.4) is 0 Å². The maximum atomic E-state index is 5.53. The Morgan fingerprint density at radius 2 is 1.92 bits per heavy atom. The smallest absolute Gasteiger partial charge is 0.200 e. The van der Waals surface area contributed by atoms with Crippen LogP contribution in [0.25, 0.3) is 0 Å². The third-order valence-electron chi connectivity index (χ3n) is 1.65. The first-order valence-corrected chi connectivity index (χ1v) is 4.40. The second kappa shape index (κ2) is 4.80. The molecule has 0 radical (unpaired) electrons. The SMILES string of the molecule is CC.CC(C)c1cnc(N)n1C. The van der Waals surface area contributed by atoms with E-state index in [4.69, 9.17) is 5.73 Å². The Morgan fingerprint density at radius 1 is 1.42 bits per heavy atom. The predicted octanol–water partition coefficient (Wildman–Crippen LogP) is 2.15. The van der Waals surface area contributed by atoms with Gasteiger partial charge in [-0.15, -0.1) is 0 Å². The highest BCUT2D eigenvalue weighted by Crippen LogP contribution is 2.14. The van der Waals surface area contributed by atoms with Gasteiger partial charge in [0.25, 0.3) is 0 Å². The summed E-state index contributed by atoms with van der Waals surface area (Å²) in [5.74, 6) is 1.08. The summed E-state index contributed by atoms with van der Waals surface area (Å²) in [6.07, 6.45) is 1.82. The van der Waals surface area contributed by atoms with Crippen LogP contribution in [0, 0.1) is 0 Å². The molecule has 0 atom stereocenters. The highest BCUT2D eigenvalue weighted by molar-refractivity contribution is 5.23. The number of rotatable bonds is 1. The molecule has 0 aliphatic rings. The quantitative estimate of drug-likeness (QED) is 0.700. The lowest BCUT2D eigenvalue weighted by molar-refractivity contribution is 0.747. The van der Waals surface area contributed by atoms with Crippen LogP contribution in [0.4, 0.5) is 5.95 Å². The lowest BCUT2D eigenvalue weighted by atomic mass is 10.1. The Bertz CT molecular complexity index is 226. The van der Waals surface area contributed by atoms with Crippen LogP contribution in [0.15, 0.2) is 6.20 Å². The Kier molecular flexibility index (Phi) is 4.40. The van der Waals surface area contributed by atoms with Gasteiger partial charge in [-0.05, 0) is 5.92 Å². The van der Waals surface area contributed by atoms with Crippen molar-refractivity contribution in [2.45, 2.75) is 33.6 Å². The molecule has 0 aliphatic heterocycles. The zero-order valence-corrected chi connectivity index (χ0v) is 8.63. The third-order valence-corrected chi connectivity index (χ3v) is 1.65. The van der Waals surface area contributed by atoms with E-state index in [2.05, 4.69) is 18.8 Å². The summed E-state index contributed by atoms with van der Waals surface area (Å²) in [4.78, 5) is 3.98. The molecular formula is C9H19N3. The number of imidazole rings is 1. The number of hydrogen-bond acceptors (Lipinski definition) is 2. The molecule has 0 saturated heterocycles.